The molecular formula is C16H25N3O3S. The van der Waals surface area contributed by atoms with Gasteiger partial charge in [0.1, 0.15) is 0 Å². The van der Waals surface area contributed by atoms with Gasteiger partial charge in [0.15, 0.2) is 9.84 Å². The van der Waals surface area contributed by atoms with Gasteiger partial charge >= 0.3 is 0 Å². The quantitative estimate of drug-likeness (QED) is 0.847. The predicted octanol–water partition coefficient (Wildman–Crippen LogP) is 0.515. The average Bonchev–Trinajstić information content (AvgIpc) is 2.54. The van der Waals surface area contributed by atoms with Gasteiger partial charge in [-0.1, -0.05) is 12.1 Å². The molecule has 1 aliphatic rings. The van der Waals surface area contributed by atoms with Crippen LogP contribution in [0, 0.1) is 0 Å². The number of nitrogens with one attached hydrogen (secondary N) is 1. The van der Waals surface area contributed by atoms with E-state index in [0.29, 0.717) is 11.4 Å². The second-order valence-electron chi connectivity index (χ2n) is 6.06. The Kier molecular flexibility index (Phi) is 5.78. The zero-order valence-electron chi connectivity index (χ0n) is 13.9. The topological polar surface area (TPSA) is 69.7 Å². The molecule has 0 spiro atoms. The summed E-state index contributed by atoms with van der Waals surface area (Å²) in [5.74, 6) is 0.133. The molecule has 0 radical (unpaired) electrons. The third-order valence-electron chi connectivity index (χ3n) is 4.31. The lowest BCUT2D eigenvalue weighted by atomic mass is 10.1. The summed E-state index contributed by atoms with van der Waals surface area (Å²) in [5, 5.41) is 3.23. The van der Waals surface area contributed by atoms with Crippen LogP contribution in [-0.2, 0) is 14.6 Å². The first-order valence-corrected chi connectivity index (χ1v) is 9.67. The molecule has 0 bridgehead atoms. The van der Waals surface area contributed by atoms with E-state index in [9.17, 15) is 13.2 Å². The lowest BCUT2D eigenvalue weighted by Gasteiger charge is -2.31. The van der Waals surface area contributed by atoms with Crippen LogP contribution in [0.1, 0.15) is 18.5 Å². The molecule has 7 heteroatoms. The van der Waals surface area contributed by atoms with E-state index in [1.807, 2.05) is 35.9 Å². The van der Waals surface area contributed by atoms with Crippen LogP contribution in [0.25, 0.3) is 0 Å². The zero-order chi connectivity index (χ0) is 17.0. The normalized spacial score (nSPS) is 17.3. The second kappa shape index (κ2) is 7.42. The van der Waals surface area contributed by atoms with Crippen molar-refractivity contribution in [3.8, 4) is 0 Å². The number of hydrogen-bond acceptors (Lipinski definition) is 5. The minimum absolute atomic E-state index is 0.0375. The van der Waals surface area contributed by atoms with E-state index in [0.717, 1.165) is 31.7 Å². The number of likely N-dealkylation sites (N-methyl/N-ethyl adjacent to an activating group) is 1. The number of benzene rings is 1. The third kappa shape index (κ3) is 4.76. The first kappa shape index (κ1) is 17.9. The van der Waals surface area contributed by atoms with Gasteiger partial charge in [0.2, 0.25) is 5.91 Å². The Balaban J connectivity index is 1.98. The van der Waals surface area contributed by atoms with Gasteiger partial charge < -0.3 is 10.2 Å². The molecule has 1 aromatic rings. The highest BCUT2D eigenvalue weighted by Gasteiger charge is 2.20. The van der Waals surface area contributed by atoms with Crippen molar-refractivity contribution in [1.82, 2.24) is 15.1 Å². The van der Waals surface area contributed by atoms with E-state index in [4.69, 9.17) is 0 Å². The van der Waals surface area contributed by atoms with Crippen LogP contribution in [-0.4, -0.2) is 70.2 Å². The van der Waals surface area contributed by atoms with E-state index in [2.05, 4.69) is 5.32 Å². The predicted molar refractivity (Wildman–Crippen MR) is 90.0 cm³/mol. The molecule has 1 unspecified atom stereocenters. The molecule has 1 aliphatic heterocycles. The highest BCUT2D eigenvalue weighted by molar-refractivity contribution is 7.90. The Bertz CT molecular complexity index is 637. The number of amides is 1. The van der Waals surface area contributed by atoms with Crippen molar-refractivity contribution in [3.63, 3.8) is 0 Å². The van der Waals surface area contributed by atoms with Crippen LogP contribution in [0.15, 0.2) is 29.2 Å². The van der Waals surface area contributed by atoms with Gasteiger partial charge in [0.05, 0.1) is 11.4 Å². The maximum absolute atomic E-state index is 12.3. The highest BCUT2D eigenvalue weighted by Crippen LogP contribution is 2.20. The molecule has 1 aromatic carbocycles. The Morgan fingerprint density at radius 3 is 2.35 bits per heavy atom. The Morgan fingerprint density at radius 2 is 1.83 bits per heavy atom. The second-order valence-corrected chi connectivity index (χ2v) is 8.08. The lowest BCUT2D eigenvalue weighted by molar-refractivity contribution is -0.133. The summed E-state index contributed by atoms with van der Waals surface area (Å²) < 4.78 is 23.0. The van der Waals surface area contributed by atoms with Gasteiger partial charge in [-0.3, -0.25) is 9.69 Å². The van der Waals surface area contributed by atoms with Gasteiger partial charge in [0, 0.05) is 38.5 Å². The molecule has 1 heterocycles. The minimum atomic E-state index is -3.18. The zero-order valence-corrected chi connectivity index (χ0v) is 14.8. The van der Waals surface area contributed by atoms with E-state index >= 15 is 0 Å². The third-order valence-corrected chi connectivity index (χ3v) is 5.43. The van der Waals surface area contributed by atoms with Gasteiger partial charge in [-0.15, -0.1) is 0 Å². The summed E-state index contributed by atoms with van der Waals surface area (Å²) in [7, 11) is -1.27. The standard InChI is InChI=1S/C16H25N3O3S/c1-13(14-4-6-15(7-5-14)23(3,21)22)18(2)12-16(20)19-10-8-17-9-11-19/h4-7,13,17H,8-12H2,1-3H3. The number of hydrogen-bond donors (Lipinski definition) is 1. The van der Waals surface area contributed by atoms with Crippen molar-refractivity contribution < 1.29 is 13.2 Å². The van der Waals surface area contributed by atoms with Crippen LogP contribution in [0.4, 0.5) is 0 Å². The summed E-state index contributed by atoms with van der Waals surface area (Å²) >= 11 is 0. The van der Waals surface area contributed by atoms with Gasteiger partial charge in [0.25, 0.3) is 0 Å². The van der Waals surface area contributed by atoms with Gasteiger partial charge in [-0.25, -0.2) is 8.42 Å². The van der Waals surface area contributed by atoms with Crippen LogP contribution in [0.2, 0.25) is 0 Å². The summed E-state index contributed by atoms with van der Waals surface area (Å²) in [6.45, 7) is 5.57. The number of piperazine rings is 1. The first-order valence-electron chi connectivity index (χ1n) is 7.78. The van der Waals surface area contributed by atoms with Crippen molar-refractivity contribution in [2.24, 2.45) is 0 Å². The summed E-state index contributed by atoms with van der Waals surface area (Å²) in [5.41, 5.74) is 0.994. The molecule has 128 valence electrons. The highest BCUT2D eigenvalue weighted by atomic mass is 32.2. The largest absolute Gasteiger partial charge is 0.339 e. The number of carbonyl (C=O) groups excluding carboxylic acids is 1. The maximum atomic E-state index is 12.3. The summed E-state index contributed by atoms with van der Waals surface area (Å²) in [4.78, 5) is 16.5. The van der Waals surface area contributed by atoms with Crippen molar-refractivity contribution >= 4 is 15.7 Å². The number of nitrogens with zero attached hydrogens (tertiary/aromatic N) is 2. The smallest absolute Gasteiger partial charge is 0.236 e. The number of sulfone groups is 1. The molecule has 1 amide bonds. The monoisotopic (exact) mass is 339 g/mol. The lowest BCUT2D eigenvalue weighted by Crippen LogP contribution is -2.49. The fourth-order valence-corrected chi connectivity index (χ4v) is 3.24. The molecule has 6 nitrogen and oxygen atoms in total. The molecule has 0 aliphatic carbocycles. The van der Waals surface area contributed by atoms with E-state index in [1.54, 1.807) is 12.1 Å². The van der Waals surface area contributed by atoms with Crippen LogP contribution in [0.5, 0.6) is 0 Å². The van der Waals surface area contributed by atoms with E-state index in [-0.39, 0.29) is 11.9 Å². The Labute approximate surface area is 138 Å². The molecule has 1 N–H and O–H groups in total. The SMILES string of the molecule is CC(c1ccc(S(C)(=O)=O)cc1)N(C)CC(=O)N1CCNCC1. The van der Waals surface area contributed by atoms with E-state index < -0.39 is 9.84 Å². The fourth-order valence-electron chi connectivity index (χ4n) is 2.61. The van der Waals surface area contributed by atoms with E-state index in [1.165, 1.54) is 6.26 Å². The average molecular weight is 339 g/mol. The molecule has 0 aromatic heterocycles. The molecule has 1 fully saturated rings. The summed E-state index contributed by atoms with van der Waals surface area (Å²) in [6.07, 6.45) is 1.20. The number of rotatable bonds is 5. The van der Waals surface area contributed by atoms with Crippen LogP contribution >= 0.6 is 0 Å². The van der Waals surface area contributed by atoms with Crippen molar-refractivity contribution in [3.05, 3.63) is 29.8 Å². The summed E-state index contributed by atoms with van der Waals surface area (Å²) in [6, 6.07) is 6.90. The maximum Gasteiger partial charge on any atom is 0.236 e. The molecule has 23 heavy (non-hydrogen) atoms. The van der Waals surface area contributed by atoms with Crippen molar-refractivity contribution in [1.29, 1.82) is 0 Å². The molecule has 2 rings (SSSR count). The van der Waals surface area contributed by atoms with Gasteiger partial charge in [-0.05, 0) is 31.7 Å². The number of carbonyl (C=O) groups is 1. The van der Waals surface area contributed by atoms with Crippen LogP contribution in [0.3, 0.4) is 0 Å². The molecular weight excluding hydrogens is 314 g/mol. The molecule has 1 saturated heterocycles. The minimum Gasteiger partial charge on any atom is -0.339 e. The van der Waals surface area contributed by atoms with Crippen molar-refractivity contribution in [2.45, 2.75) is 17.9 Å². The first-order chi connectivity index (χ1) is 10.8. The Hall–Kier alpha value is -1.44. The molecule has 1 atom stereocenters. The van der Waals surface area contributed by atoms with Crippen molar-refractivity contribution in [2.75, 3.05) is 46.0 Å². The fraction of sp³-hybridized carbons (Fsp3) is 0.562. The Morgan fingerprint density at radius 1 is 1.26 bits per heavy atom. The van der Waals surface area contributed by atoms with Crippen LogP contribution < -0.4 is 5.32 Å². The van der Waals surface area contributed by atoms with Gasteiger partial charge in [-0.2, -0.15) is 0 Å². The molecule has 0 saturated carbocycles.